The van der Waals surface area contributed by atoms with E-state index in [-0.39, 0.29) is 29.3 Å². The second-order valence-corrected chi connectivity index (χ2v) is 8.62. The Labute approximate surface area is 154 Å². The van der Waals surface area contributed by atoms with Crippen molar-refractivity contribution in [3.05, 3.63) is 47.8 Å². The van der Waals surface area contributed by atoms with Crippen molar-refractivity contribution in [1.82, 2.24) is 19.4 Å². The van der Waals surface area contributed by atoms with Crippen molar-refractivity contribution in [2.45, 2.75) is 44.2 Å². The smallest absolute Gasteiger partial charge is 0.246 e. The predicted molar refractivity (Wildman–Crippen MR) is 98.2 cm³/mol. The number of aromatic nitrogens is 2. The molecule has 1 saturated heterocycles. The highest BCUT2D eigenvalue weighted by Crippen LogP contribution is 2.31. The van der Waals surface area contributed by atoms with E-state index in [1.165, 1.54) is 17.4 Å². The highest BCUT2D eigenvalue weighted by molar-refractivity contribution is 7.89. The number of rotatable bonds is 5. The number of sulfonamides is 1. The first-order valence-corrected chi connectivity index (χ1v) is 10.1. The van der Waals surface area contributed by atoms with E-state index in [2.05, 4.69) is 10.4 Å². The molecule has 1 aromatic carbocycles. The van der Waals surface area contributed by atoms with Gasteiger partial charge >= 0.3 is 0 Å². The van der Waals surface area contributed by atoms with Crippen LogP contribution in [0, 0.1) is 6.92 Å². The number of carbonyl (C=O) groups is 1. The van der Waals surface area contributed by atoms with Crippen molar-refractivity contribution in [2.75, 3.05) is 13.1 Å². The van der Waals surface area contributed by atoms with Gasteiger partial charge in [0.05, 0.1) is 12.2 Å². The van der Waals surface area contributed by atoms with E-state index < -0.39 is 10.0 Å². The molecule has 2 heterocycles. The van der Waals surface area contributed by atoms with Gasteiger partial charge in [-0.05, 0) is 19.4 Å². The average Bonchev–Trinajstić information content (AvgIpc) is 3.23. The zero-order valence-corrected chi connectivity index (χ0v) is 16.0. The van der Waals surface area contributed by atoms with E-state index >= 15 is 0 Å². The summed E-state index contributed by atoms with van der Waals surface area (Å²) in [7, 11) is -3.65. The van der Waals surface area contributed by atoms with Crippen LogP contribution >= 0.6 is 0 Å². The van der Waals surface area contributed by atoms with Crippen LogP contribution < -0.4 is 5.32 Å². The molecular weight excluding hydrogens is 352 g/mol. The molecule has 1 aliphatic rings. The number of amides is 1. The first kappa shape index (κ1) is 18.6. The van der Waals surface area contributed by atoms with Crippen LogP contribution in [-0.4, -0.2) is 47.5 Å². The first-order valence-electron chi connectivity index (χ1n) is 8.67. The lowest BCUT2D eigenvalue weighted by Crippen LogP contribution is -2.39. The molecule has 1 aliphatic heterocycles. The fraction of sp³-hybridized carbons (Fsp3) is 0.444. The monoisotopic (exact) mass is 376 g/mol. The molecule has 8 heteroatoms. The van der Waals surface area contributed by atoms with Gasteiger partial charge in [0.1, 0.15) is 4.90 Å². The van der Waals surface area contributed by atoms with Crippen molar-refractivity contribution in [3.8, 4) is 0 Å². The Hall–Kier alpha value is -2.19. The minimum atomic E-state index is -3.65. The topological polar surface area (TPSA) is 84.3 Å². The van der Waals surface area contributed by atoms with Gasteiger partial charge in [0.25, 0.3) is 0 Å². The maximum atomic E-state index is 13.0. The lowest BCUT2D eigenvalue weighted by Gasteiger charge is -2.19. The van der Waals surface area contributed by atoms with Gasteiger partial charge in [-0.1, -0.05) is 29.8 Å². The van der Waals surface area contributed by atoms with Gasteiger partial charge in [-0.3, -0.25) is 9.48 Å². The summed E-state index contributed by atoms with van der Waals surface area (Å²) in [6.07, 6.45) is 2.92. The molecule has 0 aliphatic carbocycles. The van der Waals surface area contributed by atoms with Crippen LogP contribution in [0.2, 0.25) is 0 Å². The highest BCUT2D eigenvalue weighted by Gasteiger charge is 2.40. The number of benzene rings is 1. The Kier molecular flexibility index (Phi) is 5.15. The minimum Gasteiger partial charge on any atom is -0.352 e. The Morgan fingerprint density at radius 3 is 2.54 bits per heavy atom. The van der Waals surface area contributed by atoms with E-state index in [4.69, 9.17) is 0 Å². The molecule has 1 N–H and O–H groups in total. The molecule has 0 unspecified atom stereocenters. The van der Waals surface area contributed by atoms with Gasteiger partial charge in [-0.2, -0.15) is 9.40 Å². The molecular formula is C18H24N4O3S. The normalized spacial score (nSPS) is 21.0. The zero-order valence-electron chi connectivity index (χ0n) is 15.2. The molecule has 1 fully saturated rings. The summed E-state index contributed by atoms with van der Waals surface area (Å²) in [6.45, 7) is 6.54. The fourth-order valence-corrected chi connectivity index (χ4v) is 4.77. The maximum absolute atomic E-state index is 13.0. The Bertz CT molecular complexity index is 889. The summed E-state index contributed by atoms with van der Waals surface area (Å²) in [5.41, 5.74) is 2.16. The van der Waals surface area contributed by atoms with Crippen molar-refractivity contribution in [3.63, 3.8) is 0 Å². The molecule has 0 saturated carbocycles. The maximum Gasteiger partial charge on any atom is 0.246 e. The molecule has 0 spiro atoms. The van der Waals surface area contributed by atoms with Crippen LogP contribution in [0.4, 0.5) is 0 Å². The molecule has 2 atom stereocenters. The lowest BCUT2D eigenvalue weighted by molar-refractivity contribution is -0.119. The molecule has 1 amide bonds. The molecule has 3 rings (SSSR count). The van der Waals surface area contributed by atoms with Gasteiger partial charge in [0.2, 0.25) is 15.9 Å². The second kappa shape index (κ2) is 7.20. The summed E-state index contributed by atoms with van der Waals surface area (Å²) in [4.78, 5) is 11.8. The van der Waals surface area contributed by atoms with Crippen molar-refractivity contribution in [1.29, 1.82) is 0 Å². The van der Waals surface area contributed by atoms with E-state index in [0.29, 0.717) is 13.1 Å². The molecule has 26 heavy (non-hydrogen) atoms. The number of nitrogens with one attached hydrogen (secondary N) is 1. The Morgan fingerprint density at radius 2 is 1.96 bits per heavy atom. The van der Waals surface area contributed by atoms with E-state index in [1.54, 1.807) is 10.9 Å². The van der Waals surface area contributed by atoms with Crippen LogP contribution in [0.15, 0.2) is 41.6 Å². The largest absolute Gasteiger partial charge is 0.352 e. The van der Waals surface area contributed by atoms with E-state index in [0.717, 1.165) is 11.1 Å². The van der Waals surface area contributed by atoms with Crippen LogP contribution in [0.25, 0.3) is 0 Å². The number of carbonyl (C=O) groups excluding carboxylic acids is 1. The first-order chi connectivity index (χ1) is 12.3. The zero-order chi connectivity index (χ0) is 18.9. The quantitative estimate of drug-likeness (QED) is 0.857. The molecule has 7 nitrogen and oxygen atoms in total. The third kappa shape index (κ3) is 3.66. The SMILES string of the molecule is CCn1cc(S(=O)(=O)N2C[C@H](NC(C)=O)[C@@H](c3ccc(C)cc3)C2)cn1. The summed E-state index contributed by atoms with van der Waals surface area (Å²) in [5, 5.41) is 6.98. The average molecular weight is 376 g/mol. The molecule has 2 aromatic rings. The second-order valence-electron chi connectivity index (χ2n) is 6.68. The summed E-state index contributed by atoms with van der Waals surface area (Å²) in [6, 6.07) is 7.75. The van der Waals surface area contributed by atoms with Crippen molar-refractivity contribution in [2.24, 2.45) is 0 Å². The van der Waals surface area contributed by atoms with Gasteiger partial charge in [0.15, 0.2) is 0 Å². The third-order valence-electron chi connectivity index (χ3n) is 4.75. The highest BCUT2D eigenvalue weighted by atomic mass is 32.2. The summed E-state index contributed by atoms with van der Waals surface area (Å²) < 4.78 is 29.0. The van der Waals surface area contributed by atoms with Gasteiger partial charge in [0, 0.05) is 38.7 Å². The number of aryl methyl sites for hydroxylation is 2. The standard InChI is InChI=1S/C18H24N4O3S/c1-4-21-10-16(9-19-21)26(24,25)22-11-17(18(12-22)20-14(3)23)15-7-5-13(2)6-8-15/h5-10,17-18H,4,11-12H2,1-3H3,(H,20,23)/t17-,18+/m1/s1. The number of hydrogen-bond donors (Lipinski definition) is 1. The predicted octanol–water partition coefficient (Wildman–Crippen LogP) is 1.50. The van der Waals surface area contributed by atoms with Crippen LogP contribution in [0.1, 0.15) is 30.9 Å². The molecule has 140 valence electrons. The van der Waals surface area contributed by atoms with Gasteiger partial charge < -0.3 is 5.32 Å². The minimum absolute atomic E-state index is 0.0875. The van der Waals surface area contributed by atoms with Gasteiger partial charge in [-0.15, -0.1) is 0 Å². The molecule has 0 bridgehead atoms. The van der Waals surface area contributed by atoms with Crippen LogP contribution in [-0.2, 0) is 21.4 Å². The third-order valence-corrected chi connectivity index (χ3v) is 6.54. The van der Waals surface area contributed by atoms with Gasteiger partial charge in [-0.25, -0.2) is 8.42 Å². The Balaban J connectivity index is 1.89. The van der Waals surface area contributed by atoms with Crippen molar-refractivity contribution >= 4 is 15.9 Å². The van der Waals surface area contributed by atoms with Crippen LogP contribution in [0.3, 0.4) is 0 Å². The molecule has 1 aromatic heterocycles. The summed E-state index contributed by atoms with van der Waals surface area (Å²) in [5.74, 6) is -0.249. The van der Waals surface area contributed by atoms with Crippen LogP contribution in [0.5, 0.6) is 0 Å². The van der Waals surface area contributed by atoms with Crippen molar-refractivity contribution < 1.29 is 13.2 Å². The fourth-order valence-electron chi connectivity index (χ4n) is 3.32. The lowest BCUT2D eigenvalue weighted by atomic mass is 9.93. The Morgan fingerprint density at radius 1 is 1.27 bits per heavy atom. The number of hydrogen-bond acceptors (Lipinski definition) is 4. The summed E-state index contributed by atoms with van der Waals surface area (Å²) >= 11 is 0. The van der Waals surface area contributed by atoms with E-state index in [9.17, 15) is 13.2 Å². The van der Waals surface area contributed by atoms with E-state index in [1.807, 2.05) is 38.1 Å². The number of nitrogens with zero attached hydrogens (tertiary/aromatic N) is 3. The molecule has 0 radical (unpaired) electrons.